The molecule has 0 aromatic heterocycles. The Morgan fingerprint density at radius 3 is 2.00 bits per heavy atom. The van der Waals surface area contributed by atoms with Crippen LogP contribution in [-0.2, 0) is 4.79 Å². The first-order valence-electron chi connectivity index (χ1n) is 6.13. The summed E-state index contributed by atoms with van der Waals surface area (Å²) in [5, 5.41) is 9.77. The van der Waals surface area contributed by atoms with E-state index in [4.69, 9.17) is 0 Å². The molecule has 88 valence electrons. The van der Waals surface area contributed by atoms with Gasteiger partial charge in [0.05, 0.1) is 0 Å². The van der Waals surface area contributed by atoms with Crippen LogP contribution in [0.1, 0.15) is 47.0 Å². The fourth-order valence-corrected chi connectivity index (χ4v) is 2.75. The SMILES string of the molecule is CC1CC(C)CC(C(=O)C(O)C(C)C)C1. The van der Waals surface area contributed by atoms with E-state index in [2.05, 4.69) is 13.8 Å². The summed E-state index contributed by atoms with van der Waals surface area (Å²) in [5.41, 5.74) is 0. The van der Waals surface area contributed by atoms with Crippen molar-refractivity contribution >= 4 is 5.78 Å². The molecule has 0 spiro atoms. The third-order valence-corrected chi connectivity index (χ3v) is 3.50. The molecule has 0 aliphatic heterocycles. The molecule has 1 aliphatic rings. The quantitative estimate of drug-likeness (QED) is 0.781. The lowest BCUT2D eigenvalue weighted by molar-refractivity contribution is -0.135. The molecular weight excluding hydrogens is 188 g/mol. The monoisotopic (exact) mass is 212 g/mol. The number of Topliss-reactive ketones (excluding diaryl/α,β-unsaturated/α-hetero) is 1. The predicted octanol–water partition coefficient (Wildman–Crippen LogP) is 2.64. The molecular formula is C13H24O2. The average Bonchev–Trinajstić information content (AvgIpc) is 2.13. The number of carbonyl (C=O) groups excluding carboxylic acids is 1. The zero-order valence-corrected chi connectivity index (χ0v) is 10.4. The summed E-state index contributed by atoms with van der Waals surface area (Å²) in [5.74, 6) is 1.47. The zero-order valence-electron chi connectivity index (χ0n) is 10.4. The van der Waals surface area contributed by atoms with E-state index in [1.54, 1.807) is 0 Å². The highest BCUT2D eigenvalue weighted by atomic mass is 16.3. The van der Waals surface area contributed by atoms with Crippen LogP contribution in [0.2, 0.25) is 0 Å². The highest BCUT2D eigenvalue weighted by molar-refractivity contribution is 5.85. The van der Waals surface area contributed by atoms with Crippen LogP contribution in [0.15, 0.2) is 0 Å². The Kier molecular flexibility index (Phi) is 4.32. The summed E-state index contributed by atoms with van der Waals surface area (Å²) in [6.45, 7) is 8.21. The summed E-state index contributed by atoms with van der Waals surface area (Å²) in [7, 11) is 0. The number of ketones is 1. The van der Waals surface area contributed by atoms with E-state index >= 15 is 0 Å². The topological polar surface area (TPSA) is 37.3 Å². The smallest absolute Gasteiger partial charge is 0.164 e. The van der Waals surface area contributed by atoms with Gasteiger partial charge in [-0.25, -0.2) is 0 Å². The Balaban J connectivity index is 2.59. The number of hydrogen-bond donors (Lipinski definition) is 1. The molecule has 0 aromatic rings. The molecule has 1 aliphatic carbocycles. The molecule has 0 saturated heterocycles. The van der Waals surface area contributed by atoms with E-state index in [-0.39, 0.29) is 17.6 Å². The number of aliphatic hydroxyl groups excluding tert-OH is 1. The minimum absolute atomic E-state index is 0.0463. The lowest BCUT2D eigenvalue weighted by Gasteiger charge is -2.32. The minimum Gasteiger partial charge on any atom is -0.385 e. The Bertz CT molecular complexity index is 213. The first-order chi connectivity index (χ1) is 6.91. The zero-order chi connectivity index (χ0) is 11.6. The van der Waals surface area contributed by atoms with Gasteiger partial charge in [0, 0.05) is 5.92 Å². The highest BCUT2D eigenvalue weighted by Crippen LogP contribution is 2.34. The molecule has 1 fully saturated rings. The molecule has 1 rings (SSSR count). The summed E-state index contributed by atoms with van der Waals surface area (Å²) in [6.07, 6.45) is 2.40. The Morgan fingerprint density at radius 2 is 1.60 bits per heavy atom. The summed E-state index contributed by atoms with van der Waals surface area (Å²) in [6, 6.07) is 0. The molecule has 1 N–H and O–H groups in total. The van der Waals surface area contributed by atoms with Crippen molar-refractivity contribution in [1.82, 2.24) is 0 Å². The maximum atomic E-state index is 12.0. The van der Waals surface area contributed by atoms with Crippen LogP contribution in [0.5, 0.6) is 0 Å². The van der Waals surface area contributed by atoms with Crippen molar-refractivity contribution in [3.63, 3.8) is 0 Å². The van der Waals surface area contributed by atoms with Crippen molar-refractivity contribution in [2.45, 2.75) is 53.1 Å². The van der Waals surface area contributed by atoms with Gasteiger partial charge < -0.3 is 5.11 Å². The molecule has 0 amide bonds. The molecule has 0 heterocycles. The van der Waals surface area contributed by atoms with Crippen molar-refractivity contribution in [2.24, 2.45) is 23.7 Å². The molecule has 3 unspecified atom stereocenters. The van der Waals surface area contributed by atoms with Gasteiger partial charge in [-0.3, -0.25) is 4.79 Å². The van der Waals surface area contributed by atoms with Crippen molar-refractivity contribution in [1.29, 1.82) is 0 Å². The molecule has 3 atom stereocenters. The van der Waals surface area contributed by atoms with Gasteiger partial charge in [-0.05, 0) is 37.0 Å². The molecule has 0 aromatic carbocycles. The van der Waals surface area contributed by atoms with Gasteiger partial charge in [0.2, 0.25) is 0 Å². The summed E-state index contributed by atoms with van der Waals surface area (Å²) >= 11 is 0. The second kappa shape index (κ2) is 5.11. The third-order valence-electron chi connectivity index (χ3n) is 3.50. The predicted molar refractivity (Wildman–Crippen MR) is 61.5 cm³/mol. The molecule has 0 bridgehead atoms. The Morgan fingerprint density at radius 1 is 1.13 bits per heavy atom. The standard InChI is InChI=1S/C13H24O2/c1-8(2)12(14)13(15)11-6-9(3)5-10(4)7-11/h8-12,14H,5-7H2,1-4H3. The van der Waals surface area contributed by atoms with E-state index in [0.717, 1.165) is 12.8 Å². The second-order valence-electron chi connectivity index (χ2n) is 5.71. The van der Waals surface area contributed by atoms with E-state index < -0.39 is 6.10 Å². The van der Waals surface area contributed by atoms with Crippen LogP contribution in [0.4, 0.5) is 0 Å². The minimum atomic E-state index is -0.757. The molecule has 2 heteroatoms. The third kappa shape index (κ3) is 3.30. The molecule has 15 heavy (non-hydrogen) atoms. The lowest BCUT2D eigenvalue weighted by Crippen LogP contribution is -2.36. The van der Waals surface area contributed by atoms with Crippen molar-refractivity contribution in [3.8, 4) is 0 Å². The summed E-state index contributed by atoms with van der Waals surface area (Å²) < 4.78 is 0. The lowest BCUT2D eigenvalue weighted by atomic mass is 9.73. The van der Waals surface area contributed by atoms with E-state index in [1.807, 2.05) is 13.8 Å². The number of rotatable bonds is 3. The number of aliphatic hydroxyl groups is 1. The van der Waals surface area contributed by atoms with Crippen LogP contribution in [0.25, 0.3) is 0 Å². The largest absolute Gasteiger partial charge is 0.385 e. The summed E-state index contributed by atoms with van der Waals surface area (Å²) in [4.78, 5) is 12.0. The van der Waals surface area contributed by atoms with Gasteiger partial charge in [0.15, 0.2) is 5.78 Å². The van der Waals surface area contributed by atoms with Gasteiger partial charge in [-0.1, -0.05) is 27.7 Å². The number of carbonyl (C=O) groups is 1. The van der Waals surface area contributed by atoms with Crippen LogP contribution in [-0.4, -0.2) is 17.0 Å². The molecule has 1 saturated carbocycles. The van der Waals surface area contributed by atoms with Crippen LogP contribution < -0.4 is 0 Å². The van der Waals surface area contributed by atoms with Gasteiger partial charge in [-0.15, -0.1) is 0 Å². The normalized spacial score (nSPS) is 34.1. The average molecular weight is 212 g/mol. The number of hydrogen-bond acceptors (Lipinski definition) is 2. The van der Waals surface area contributed by atoms with Gasteiger partial charge in [0.1, 0.15) is 6.10 Å². The fourth-order valence-electron chi connectivity index (χ4n) is 2.75. The van der Waals surface area contributed by atoms with Gasteiger partial charge in [0.25, 0.3) is 0 Å². The van der Waals surface area contributed by atoms with Crippen LogP contribution in [0.3, 0.4) is 0 Å². The maximum Gasteiger partial charge on any atom is 0.164 e. The van der Waals surface area contributed by atoms with E-state index in [1.165, 1.54) is 6.42 Å². The van der Waals surface area contributed by atoms with Gasteiger partial charge in [-0.2, -0.15) is 0 Å². The molecule has 0 radical (unpaired) electrons. The van der Waals surface area contributed by atoms with Crippen molar-refractivity contribution in [3.05, 3.63) is 0 Å². The highest BCUT2D eigenvalue weighted by Gasteiger charge is 2.33. The first-order valence-corrected chi connectivity index (χ1v) is 6.13. The van der Waals surface area contributed by atoms with Crippen LogP contribution in [0, 0.1) is 23.7 Å². The Hall–Kier alpha value is -0.370. The fraction of sp³-hybridized carbons (Fsp3) is 0.923. The van der Waals surface area contributed by atoms with Crippen molar-refractivity contribution in [2.75, 3.05) is 0 Å². The van der Waals surface area contributed by atoms with Gasteiger partial charge >= 0.3 is 0 Å². The first kappa shape index (κ1) is 12.7. The van der Waals surface area contributed by atoms with E-state index in [9.17, 15) is 9.90 Å². The Labute approximate surface area is 93.1 Å². The van der Waals surface area contributed by atoms with Crippen molar-refractivity contribution < 1.29 is 9.90 Å². The maximum absolute atomic E-state index is 12.0. The van der Waals surface area contributed by atoms with E-state index in [0.29, 0.717) is 11.8 Å². The van der Waals surface area contributed by atoms with Crippen LogP contribution >= 0.6 is 0 Å². The molecule has 2 nitrogen and oxygen atoms in total. The second-order valence-corrected chi connectivity index (χ2v) is 5.71.